The summed E-state index contributed by atoms with van der Waals surface area (Å²) < 4.78 is 15.1. The third-order valence-electron chi connectivity index (χ3n) is 2.44. The number of hydrogen-bond donors (Lipinski definition) is 0. The van der Waals surface area contributed by atoms with E-state index < -0.39 is 0 Å². The van der Waals surface area contributed by atoms with Crippen LogP contribution < -0.4 is 4.74 Å². The first-order valence-electron chi connectivity index (χ1n) is 5.60. The first kappa shape index (κ1) is 12.9. The summed E-state index contributed by atoms with van der Waals surface area (Å²) in [6, 6.07) is 10.0. The molecule has 2 rings (SSSR count). The van der Waals surface area contributed by atoms with Crippen molar-refractivity contribution in [1.82, 2.24) is 0 Å². The third-order valence-corrected chi connectivity index (χ3v) is 2.44. The fourth-order valence-corrected chi connectivity index (χ4v) is 1.48. The summed E-state index contributed by atoms with van der Waals surface area (Å²) in [6.07, 6.45) is 0.819. The van der Waals surface area contributed by atoms with E-state index in [9.17, 15) is 9.59 Å². The molecule has 0 fully saturated rings. The van der Waals surface area contributed by atoms with Crippen molar-refractivity contribution in [2.75, 3.05) is 7.11 Å². The Morgan fingerprint density at radius 1 is 1.21 bits per heavy atom. The Balaban J connectivity index is 2.02. The highest BCUT2D eigenvalue weighted by atomic mass is 16.6. The van der Waals surface area contributed by atoms with Gasteiger partial charge in [-0.05, 0) is 23.8 Å². The third kappa shape index (κ3) is 3.45. The molecular weight excluding hydrogens is 248 g/mol. The summed E-state index contributed by atoms with van der Waals surface area (Å²) in [4.78, 5) is 21.5. The minimum Gasteiger partial charge on any atom is -0.469 e. The van der Waals surface area contributed by atoms with Crippen LogP contribution in [0, 0.1) is 0 Å². The molecule has 0 aliphatic carbocycles. The van der Waals surface area contributed by atoms with Gasteiger partial charge in [-0.2, -0.15) is 0 Å². The van der Waals surface area contributed by atoms with Crippen molar-refractivity contribution in [1.29, 1.82) is 0 Å². The number of carbonyl (C=O) groups excluding carboxylic acids is 2. The Kier molecular flexibility index (Phi) is 3.97. The minimum atomic E-state index is -0.296. The minimum absolute atomic E-state index is 0.206. The quantitative estimate of drug-likeness (QED) is 0.610. The second-order valence-electron chi connectivity index (χ2n) is 3.77. The van der Waals surface area contributed by atoms with Crippen LogP contribution in [0.1, 0.15) is 16.1 Å². The Morgan fingerprint density at radius 3 is 2.53 bits per heavy atom. The molecule has 1 heterocycles. The standard InChI is InChI=1S/C14H12O5/c1-17-13(16)8-10-2-4-11(5-3-10)18-14-7-6-12(9-15)19-14/h2-7,9H,8H2,1H3. The SMILES string of the molecule is COC(=O)Cc1ccc(Oc2ccc(C=O)o2)cc1. The van der Waals surface area contributed by atoms with E-state index in [2.05, 4.69) is 4.74 Å². The number of esters is 1. The van der Waals surface area contributed by atoms with E-state index in [4.69, 9.17) is 9.15 Å². The number of methoxy groups -OCH3 is 1. The van der Waals surface area contributed by atoms with Crippen LogP contribution >= 0.6 is 0 Å². The second-order valence-corrected chi connectivity index (χ2v) is 3.77. The van der Waals surface area contributed by atoms with Crippen molar-refractivity contribution in [3.63, 3.8) is 0 Å². The Labute approximate surface area is 109 Å². The van der Waals surface area contributed by atoms with Crippen molar-refractivity contribution < 1.29 is 23.5 Å². The molecule has 19 heavy (non-hydrogen) atoms. The molecule has 0 amide bonds. The van der Waals surface area contributed by atoms with E-state index in [0.717, 1.165) is 5.56 Å². The average Bonchev–Trinajstić information content (AvgIpc) is 2.88. The lowest BCUT2D eigenvalue weighted by molar-refractivity contribution is -0.139. The lowest BCUT2D eigenvalue weighted by Gasteiger charge is -2.03. The second kappa shape index (κ2) is 5.86. The number of benzene rings is 1. The van der Waals surface area contributed by atoms with Gasteiger partial charge in [0, 0.05) is 6.07 Å². The molecule has 0 aliphatic heterocycles. The van der Waals surface area contributed by atoms with E-state index in [0.29, 0.717) is 12.0 Å². The number of carbonyl (C=O) groups is 2. The van der Waals surface area contributed by atoms with E-state index in [1.807, 2.05) is 0 Å². The first-order valence-corrected chi connectivity index (χ1v) is 5.60. The zero-order valence-corrected chi connectivity index (χ0v) is 10.3. The number of rotatable bonds is 5. The summed E-state index contributed by atoms with van der Waals surface area (Å²) in [5.41, 5.74) is 0.826. The molecular formula is C14H12O5. The monoisotopic (exact) mass is 260 g/mol. The molecule has 5 heteroatoms. The summed E-state index contributed by atoms with van der Waals surface area (Å²) in [7, 11) is 1.35. The number of aldehydes is 1. The highest BCUT2D eigenvalue weighted by molar-refractivity contribution is 5.72. The number of ether oxygens (including phenoxy) is 2. The van der Waals surface area contributed by atoms with Gasteiger partial charge in [-0.1, -0.05) is 12.1 Å². The lowest BCUT2D eigenvalue weighted by atomic mass is 10.1. The van der Waals surface area contributed by atoms with E-state index >= 15 is 0 Å². The van der Waals surface area contributed by atoms with Gasteiger partial charge < -0.3 is 13.9 Å². The zero-order chi connectivity index (χ0) is 13.7. The van der Waals surface area contributed by atoms with Crippen LogP contribution in [0.4, 0.5) is 0 Å². The van der Waals surface area contributed by atoms with Gasteiger partial charge in [0.25, 0.3) is 5.95 Å². The lowest BCUT2D eigenvalue weighted by Crippen LogP contribution is -2.03. The number of hydrogen-bond acceptors (Lipinski definition) is 5. The Morgan fingerprint density at radius 2 is 1.95 bits per heavy atom. The van der Waals surface area contributed by atoms with Crippen molar-refractivity contribution in [2.24, 2.45) is 0 Å². The van der Waals surface area contributed by atoms with E-state index in [-0.39, 0.29) is 24.1 Å². The molecule has 0 unspecified atom stereocenters. The molecule has 0 radical (unpaired) electrons. The molecule has 0 bridgehead atoms. The predicted octanol–water partition coefficient (Wildman–Crippen LogP) is 2.60. The van der Waals surface area contributed by atoms with Crippen LogP contribution in [0.2, 0.25) is 0 Å². The zero-order valence-electron chi connectivity index (χ0n) is 10.3. The largest absolute Gasteiger partial charge is 0.469 e. The van der Waals surface area contributed by atoms with Crippen LogP contribution in [0.25, 0.3) is 0 Å². The summed E-state index contributed by atoms with van der Waals surface area (Å²) in [6.45, 7) is 0. The van der Waals surface area contributed by atoms with Gasteiger partial charge in [-0.3, -0.25) is 9.59 Å². The van der Waals surface area contributed by atoms with Crippen molar-refractivity contribution in [3.05, 3.63) is 47.7 Å². The normalized spacial score (nSPS) is 9.95. The molecule has 98 valence electrons. The van der Waals surface area contributed by atoms with Gasteiger partial charge >= 0.3 is 5.97 Å². The molecule has 1 aromatic heterocycles. The molecule has 0 atom stereocenters. The highest BCUT2D eigenvalue weighted by Gasteiger charge is 2.05. The van der Waals surface area contributed by atoms with Gasteiger partial charge in [0.2, 0.25) is 0 Å². The van der Waals surface area contributed by atoms with Crippen molar-refractivity contribution in [2.45, 2.75) is 6.42 Å². The van der Waals surface area contributed by atoms with Crippen molar-refractivity contribution >= 4 is 12.3 Å². The van der Waals surface area contributed by atoms with Crippen LogP contribution in [0.15, 0.2) is 40.8 Å². The molecule has 0 N–H and O–H groups in total. The summed E-state index contributed by atoms with van der Waals surface area (Å²) in [5.74, 6) is 0.705. The molecule has 0 aliphatic rings. The van der Waals surface area contributed by atoms with Gasteiger partial charge in [-0.25, -0.2) is 0 Å². The predicted molar refractivity (Wildman–Crippen MR) is 66.3 cm³/mol. The van der Waals surface area contributed by atoms with Gasteiger partial charge in [0.05, 0.1) is 13.5 Å². The van der Waals surface area contributed by atoms with Crippen LogP contribution in [-0.2, 0) is 16.0 Å². The molecule has 0 saturated carbocycles. The maximum atomic E-state index is 11.1. The number of furan rings is 1. The molecule has 1 aromatic carbocycles. The summed E-state index contributed by atoms with van der Waals surface area (Å²) >= 11 is 0. The van der Waals surface area contributed by atoms with Crippen LogP contribution in [0.5, 0.6) is 11.7 Å². The molecule has 0 spiro atoms. The fraction of sp³-hybridized carbons (Fsp3) is 0.143. The highest BCUT2D eigenvalue weighted by Crippen LogP contribution is 2.23. The van der Waals surface area contributed by atoms with Gasteiger partial charge in [0.15, 0.2) is 12.0 Å². The maximum Gasteiger partial charge on any atom is 0.309 e. The molecule has 2 aromatic rings. The fourth-order valence-electron chi connectivity index (χ4n) is 1.48. The van der Waals surface area contributed by atoms with Gasteiger partial charge in [-0.15, -0.1) is 0 Å². The molecule has 5 nitrogen and oxygen atoms in total. The topological polar surface area (TPSA) is 65.7 Å². The van der Waals surface area contributed by atoms with E-state index in [1.54, 1.807) is 30.3 Å². The van der Waals surface area contributed by atoms with Crippen LogP contribution in [0.3, 0.4) is 0 Å². The van der Waals surface area contributed by atoms with E-state index in [1.165, 1.54) is 13.2 Å². The van der Waals surface area contributed by atoms with Gasteiger partial charge in [0.1, 0.15) is 5.75 Å². The first-order chi connectivity index (χ1) is 9.21. The maximum absolute atomic E-state index is 11.1. The Bertz CT molecular complexity index is 568. The Hall–Kier alpha value is -2.56. The molecule has 0 saturated heterocycles. The van der Waals surface area contributed by atoms with Crippen LogP contribution in [-0.4, -0.2) is 19.4 Å². The summed E-state index contributed by atoms with van der Waals surface area (Å²) in [5, 5.41) is 0. The average molecular weight is 260 g/mol. The smallest absolute Gasteiger partial charge is 0.309 e. The van der Waals surface area contributed by atoms with Crippen molar-refractivity contribution in [3.8, 4) is 11.7 Å².